The van der Waals surface area contributed by atoms with Gasteiger partial charge in [-0.05, 0) is 37.6 Å². The van der Waals surface area contributed by atoms with Crippen LogP contribution >= 0.6 is 0 Å². The molecule has 4 nitrogen and oxygen atoms in total. The maximum Gasteiger partial charge on any atom is 0.161 e. The fourth-order valence-corrected chi connectivity index (χ4v) is 3.28. The van der Waals surface area contributed by atoms with E-state index in [-0.39, 0.29) is 0 Å². The Bertz CT molecular complexity index is 402. The van der Waals surface area contributed by atoms with E-state index >= 15 is 0 Å². The van der Waals surface area contributed by atoms with Gasteiger partial charge in [-0.15, -0.1) is 0 Å². The Hall–Kier alpha value is -1.03. The van der Waals surface area contributed by atoms with Crippen molar-refractivity contribution in [2.24, 2.45) is 18.9 Å². The SMILES string of the molecule is CCCNC(c1c(OC)cnn1C)C1CCC(C)C1. The summed E-state index contributed by atoms with van der Waals surface area (Å²) < 4.78 is 7.46. The van der Waals surface area contributed by atoms with Crippen molar-refractivity contribution in [3.05, 3.63) is 11.9 Å². The summed E-state index contributed by atoms with van der Waals surface area (Å²) in [6.45, 7) is 5.61. The summed E-state index contributed by atoms with van der Waals surface area (Å²) in [5, 5.41) is 8.07. The first kappa shape index (κ1) is 14.4. The van der Waals surface area contributed by atoms with Gasteiger partial charge in [0, 0.05) is 7.05 Å². The second-order valence-corrected chi connectivity index (χ2v) is 5.83. The number of aryl methyl sites for hydroxylation is 1. The van der Waals surface area contributed by atoms with Gasteiger partial charge in [0.05, 0.1) is 25.0 Å². The first-order valence-electron chi connectivity index (χ1n) is 7.46. The van der Waals surface area contributed by atoms with Crippen molar-refractivity contribution >= 4 is 0 Å². The molecule has 1 saturated carbocycles. The summed E-state index contributed by atoms with van der Waals surface area (Å²) in [5.74, 6) is 2.46. The summed E-state index contributed by atoms with van der Waals surface area (Å²) in [4.78, 5) is 0. The number of nitrogens with zero attached hydrogens (tertiary/aromatic N) is 2. The van der Waals surface area contributed by atoms with E-state index in [1.54, 1.807) is 7.11 Å². The molecule has 1 N–H and O–H groups in total. The third-order valence-electron chi connectivity index (χ3n) is 4.28. The highest BCUT2D eigenvalue weighted by Gasteiger charge is 2.33. The Morgan fingerprint density at radius 2 is 2.32 bits per heavy atom. The average molecular weight is 265 g/mol. The van der Waals surface area contributed by atoms with Crippen LogP contribution in [0.15, 0.2) is 6.20 Å². The van der Waals surface area contributed by atoms with E-state index in [9.17, 15) is 0 Å². The molecule has 1 aliphatic carbocycles. The van der Waals surface area contributed by atoms with Gasteiger partial charge in [0.1, 0.15) is 0 Å². The predicted molar refractivity (Wildman–Crippen MR) is 77.3 cm³/mol. The molecule has 0 bridgehead atoms. The second kappa shape index (κ2) is 6.42. The lowest BCUT2D eigenvalue weighted by atomic mass is 9.93. The molecule has 19 heavy (non-hydrogen) atoms. The molecule has 0 spiro atoms. The van der Waals surface area contributed by atoms with Crippen LogP contribution in [0, 0.1) is 11.8 Å². The van der Waals surface area contributed by atoms with Gasteiger partial charge in [0.15, 0.2) is 5.75 Å². The van der Waals surface area contributed by atoms with E-state index in [1.165, 1.54) is 25.0 Å². The van der Waals surface area contributed by atoms with Crippen molar-refractivity contribution in [3.63, 3.8) is 0 Å². The van der Waals surface area contributed by atoms with Gasteiger partial charge in [-0.3, -0.25) is 4.68 Å². The van der Waals surface area contributed by atoms with E-state index in [2.05, 4.69) is 24.3 Å². The number of rotatable bonds is 6. The molecule has 1 heterocycles. The smallest absolute Gasteiger partial charge is 0.161 e. The molecule has 3 atom stereocenters. The Labute approximate surface area is 116 Å². The predicted octanol–water partition coefficient (Wildman–Crippen LogP) is 2.91. The molecule has 0 aliphatic heterocycles. The summed E-state index contributed by atoms with van der Waals surface area (Å²) in [6, 6.07) is 0.368. The largest absolute Gasteiger partial charge is 0.493 e. The lowest BCUT2D eigenvalue weighted by molar-refractivity contribution is 0.325. The van der Waals surface area contributed by atoms with Gasteiger partial charge in [0.25, 0.3) is 0 Å². The summed E-state index contributed by atoms with van der Waals surface area (Å²) in [7, 11) is 3.74. The molecule has 0 saturated heterocycles. The van der Waals surface area contributed by atoms with Gasteiger partial charge in [0.2, 0.25) is 0 Å². The highest BCUT2D eigenvalue weighted by atomic mass is 16.5. The molecule has 1 aromatic rings. The maximum atomic E-state index is 5.49. The number of hydrogen-bond acceptors (Lipinski definition) is 3. The molecule has 0 radical (unpaired) electrons. The highest BCUT2D eigenvalue weighted by molar-refractivity contribution is 5.29. The Kier molecular flexibility index (Phi) is 4.86. The van der Waals surface area contributed by atoms with Crippen molar-refractivity contribution in [1.82, 2.24) is 15.1 Å². The van der Waals surface area contributed by atoms with Crippen LogP contribution in [-0.4, -0.2) is 23.4 Å². The van der Waals surface area contributed by atoms with E-state index in [4.69, 9.17) is 4.74 Å². The fourth-order valence-electron chi connectivity index (χ4n) is 3.28. The van der Waals surface area contributed by atoms with Crippen molar-refractivity contribution in [2.75, 3.05) is 13.7 Å². The first-order chi connectivity index (χ1) is 9.17. The third kappa shape index (κ3) is 3.11. The van der Waals surface area contributed by atoms with Crippen molar-refractivity contribution in [2.45, 2.75) is 45.6 Å². The standard InChI is InChI=1S/C15H27N3O/c1-5-8-16-14(12-7-6-11(2)9-12)15-13(19-4)10-17-18(15)3/h10-12,14,16H,5-9H2,1-4H3. The van der Waals surface area contributed by atoms with E-state index < -0.39 is 0 Å². The zero-order valence-corrected chi connectivity index (χ0v) is 12.6. The van der Waals surface area contributed by atoms with Gasteiger partial charge >= 0.3 is 0 Å². The minimum Gasteiger partial charge on any atom is -0.493 e. The molecule has 1 aliphatic rings. The molecule has 1 aromatic heterocycles. The molecule has 0 amide bonds. The number of hydrogen-bond donors (Lipinski definition) is 1. The zero-order valence-electron chi connectivity index (χ0n) is 12.6. The highest BCUT2D eigenvalue weighted by Crippen LogP contribution is 2.41. The summed E-state index contributed by atoms with van der Waals surface area (Å²) >= 11 is 0. The fraction of sp³-hybridized carbons (Fsp3) is 0.800. The van der Waals surface area contributed by atoms with Crippen LogP contribution in [0.3, 0.4) is 0 Å². The monoisotopic (exact) mass is 265 g/mol. The van der Waals surface area contributed by atoms with Crippen LogP contribution in [0.4, 0.5) is 0 Å². The number of aromatic nitrogens is 2. The van der Waals surface area contributed by atoms with Gasteiger partial charge < -0.3 is 10.1 Å². The van der Waals surface area contributed by atoms with E-state index in [0.29, 0.717) is 12.0 Å². The van der Waals surface area contributed by atoms with Crippen LogP contribution < -0.4 is 10.1 Å². The van der Waals surface area contributed by atoms with Crippen molar-refractivity contribution < 1.29 is 4.74 Å². The van der Waals surface area contributed by atoms with Crippen LogP contribution in [-0.2, 0) is 7.05 Å². The lowest BCUT2D eigenvalue weighted by Gasteiger charge is -2.26. The van der Waals surface area contributed by atoms with Crippen LogP contribution in [0.2, 0.25) is 0 Å². The molecule has 3 unspecified atom stereocenters. The number of methoxy groups -OCH3 is 1. The number of nitrogens with one attached hydrogen (secondary N) is 1. The second-order valence-electron chi connectivity index (χ2n) is 5.83. The molecular weight excluding hydrogens is 238 g/mol. The number of ether oxygens (including phenoxy) is 1. The third-order valence-corrected chi connectivity index (χ3v) is 4.28. The van der Waals surface area contributed by atoms with Gasteiger partial charge in [-0.25, -0.2) is 0 Å². The van der Waals surface area contributed by atoms with Crippen LogP contribution in [0.5, 0.6) is 5.75 Å². The minimum absolute atomic E-state index is 0.368. The topological polar surface area (TPSA) is 39.1 Å². The lowest BCUT2D eigenvalue weighted by Crippen LogP contribution is -2.30. The average Bonchev–Trinajstić information content (AvgIpc) is 2.98. The van der Waals surface area contributed by atoms with Gasteiger partial charge in [-0.2, -0.15) is 5.10 Å². The molecule has 1 fully saturated rings. The summed E-state index contributed by atoms with van der Waals surface area (Å²) in [6.07, 6.45) is 6.93. The Morgan fingerprint density at radius 3 is 2.89 bits per heavy atom. The zero-order chi connectivity index (χ0) is 13.8. The maximum absolute atomic E-state index is 5.49. The van der Waals surface area contributed by atoms with Gasteiger partial charge in [-0.1, -0.05) is 20.3 Å². The molecule has 4 heteroatoms. The first-order valence-corrected chi connectivity index (χ1v) is 7.46. The van der Waals surface area contributed by atoms with E-state index in [1.807, 2.05) is 17.9 Å². The normalized spacial score (nSPS) is 24.6. The van der Waals surface area contributed by atoms with Crippen molar-refractivity contribution in [1.29, 1.82) is 0 Å². The molecular formula is C15H27N3O. The quantitative estimate of drug-likeness (QED) is 0.859. The Morgan fingerprint density at radius 1 is 1.53 bits per heavy atom. The summed E-state index contributed by atoms with van der Waals surface area (Å²) in [5.41, 5.74) is 1.20. The van der Waals surface area contributed by atoms with Crippen molar-refractivity contribution in [3.8, 4) is 5.75 Å². The molecule has 108 valence electrons. The Balaban J connectivity index is 2.23. The van der Waals surface area contributed by atoms with Crippen LogP contribution in [0.25, 0.3) is 0 Å². The molecule has 2 rings (SSSR count). The molecule has 0 aromatic carbocycles. The minimum atomic E-state index is 0.368. The van der Waals surface area contributed by atoms with E-state index in [0.717, 1.165) is 24.6 Å². The van der Waals surface area contributed by atoms with Crippen LogP contribution in [0.1, 0.15) is 51.3 Å².